The second kappa shape index (κ2) is 4.05. The fraction of sp³-hybridized carbons (Fsp3) is 0.364. The van der Waals surface area contributed by atoms with Crippen LogP contribution in [0.15, 0.2) is 41.1 Å². The van der Waals surface area contributed by atoms with Gasteiger partial charge in [0.05, 0.1) is 5.71 Å². The molecule has 1 heteroatoms. The molecule has 0 unspecified atom stereocenters. The average Bonchev–Trinajstić information content (AvgIpc) is 2.05. The Bertz CT molecular complexity index is 267. The van der Waals surface area contributed by atoms with Crippen molar-refractivity contribution in [3.05, 3.63) is 36.1 Å². The van der Waals surface area contributed by atoms with Gasteiger partial charge < -0.3 is 0 Å². The minimum Gasteiger partial charge on any atom is -0.257 e. The lowest BCUT2D eigenvalue weighted by molar-refractivity contribution is 1.15. The quantitative estimate of drug-likeness (QED) is 0.589. The Hall–Kier alpha value is -1.11. The summed E-state index contributed by atoms with van der Waals surface area (Å²) < 4.78 is 0. The monoisotopic (exact) mass is 161 g/mol. The molecule has 0 aromatic rings. The van der Waals surface area contributed by atoms with Crippen LogP contribution in [0.2, 0.25) is 0 Å². The summed E-state index contributed by atoms with van der Waals surface area (Å²) >= 11 is 0. The van der Waals surface area contributed by atoms with Crippen LogP contribution in [0.4, 0.5) is 0 Å². The van der Waals surface area contributed by atoms with Crippen molar-refractivity contribution < 1.29 is 0 Å². The molecule has 0 aromatic carbocycles. The number of hydrogen-bond acceptors (Lipinski definition) is 1. The molecule has 0 radical (unpaired) electrons. The highest BCUT2D eigenvalue weighted by atomic mass is 14.7. The largest absolute Gasteiger partial charge is 0.257 e. The van der Waals surface area contributed by atoms with Crippen LogP contribution in [0.1, 0.15) is 26.7 Å². The van der Waals surface area contributed by atoms with Gasteiger partial charge in [-0.1, -0.05) is 25.7 Å². The summed E-state index contributed by atoms with van der Waals surface area (Å²) in [7, 11) is 0. The number of aliphatic imine (C=N–C) groups is 1. The maximum atomic E-state index is 4.30. The Labute approximate surface area is 74.2 Å². The third-order valence-electron chi connectivity index (χ3n) is 1.81. The third-order valence-corrected chi connectivity index (χ3v) is 1.81. The Kier molecular flexibility index (Phi) is 3.03. The van der Waals surface area contributed by atoms with E-state index in [1.54, 1.807) is 0 Å². The second-order valence-electron chi connectivity index (χ2n) is 2.98. The zero-order chi connectivity index (χ0) is 8.97. The highest BCUT2D eigenvalue weighted by Crippen LogP contribution is 2.16. The molecule has 0 fully saturated rings. The zero-order valence-electron chi connectivity index (χ0n) is 7.80. The van der Waals surface area contributed by atoms with Crippen molar-refractivity contribution in [2.45, 2.75) is 26.7 Å². The summed E-state index contributed by atoms with van der Waals surface area (Å²) in [4.78, 5) is 4.30. The lowest BCUT2D eigenvalue weighted by Gasteiger charge is -2.11. The maximum absolute atomic E-state index is 4.30. The van der Waals surface area contributed by atoms with Gasteiger partial charge in [-0.05, 0) is 30.9 Å². The Balaban J connectivity index is 2.91. The molecule has 0 spiro atoms. The molecule has 1 aliphatic rings. The molecule has 0 amide bonds. The van der Waals surface area contributed by atoms with Crippen LogP contribution in [-0.2, 0) is 0 Å². The molecule has 64 valence electrons. The summed E-state index contributed by atoms with van der Waals surface area (Å²) in [5.41, 5.74) is 3.44. The second-order valence-corrected chi connectivity index (χ2v) is 2.98. The van der Waals surface area contributed by atoms with Crippen LogP contribution in [0.25, 0.3) is 0 Å². The minimum absolute atomic E-state index is 1.000. The molecular weight excluding hydrogens is 146 g/mol. The van der Waals surface area contributed by atoms with E-state index in [0.717, 1.165) is 24.1 Å². The normalized spacial score (nSPS) is 19.5. The van der Waals surface area contributed by atoms with Crippen molar-refractivity contribution in [2.75, 3.05) is 0 Å². The van der Waals surface area contributed by atoms with Gasteiger partial charge in [-0.3, -0.25) is 4.99 Å². The molecule has 0 saturated carbocycles. The van der Waals surface area contributed by atoms with E-state index in [-0.39, 0.29) is 0 Å². The summed E-state index contributed by atoms with van der Waals surface area (Å²) in [6.07, 6.45) is 8.22. The molecule has 0 aromatic heterocycles. The number of rotatable bonds is 2. The molecule has 1 aliphatic heterocycles. The van der Waals surface area contributed by atoms with Gasteiger partial charge in [0.15, 0.2) is 0 Å². The molecule has 1 heterocycles. The van der Waals surface area contributed by atoms with Crippen LogP contribution >= 0.6 is 0 Å². The van der Waals surface area contributed by atoms with Crippen LogP contribution in [0, 0.1) is 0 Å². The topological polar surface area (TPSA) is 12.4 Å². The highest BCUT2D eigenvalue weighted by molar-refractivity contribution is 6.12. The lowest BCUT2D eigenvalue weighted by atomic mass is 9.99. The van der Waals surface area contributed by atoms with Gasteiger partial charge in [0.2, 0.25) is 0 Å². The van der Waals surface area contributed by atoms with Gasteiger partial charge in [0.25, 0.3) is 0 Å². The van der Waals surface area contributed by atoms with Crippen molar-refractivity contribution in [3.63, 3.8) is 0 Å². The van der Waals surface area contributed by atoms with Gasteiger partial charge in [-0.15, -0.1) is 0 Å². The summed E-state index contributed by atoms with van der Waals surface area (Å²) in [6, 6.07) is 0. The zero-order valence-corrected chi connectivity index (χ0v) is 7.80. The first-order chi connectivity index (χ1) is 5.75. The predicted octanol–water partition coefficient (Wildman–Crippen LogP) is 3.26. The van der Waals surface area contributed by atoms with E-state index in [0.29, 0.717) is 0 Å². The van der Waals surface area contributed by atoms with Crippen LogP contribution < -0.4 is 0 Å². The van der Waals surface area contributed by atoms with E-state index in [1.807, 2.05) is 13.1 Å². The van der Waals surface area contributed by atoms with E-state index < -0.39 is 0 Å². The standard InChI is InChI=1S/C11H15N/c1-4-6-10-7-5-8-12-11(10)9(2)3/h5-6,8H,2,4,7H2,1,3H3/b10-6-. The van der Waals surface area contributed by atoms with Gasteiger partial charge in [0.1, 0.15) is 0 Å². The third kappa shape index (κ3) is 1.94. The van der Waals surface area contributed by atoms with Crippen molar-refractivity contribution in [2.24, 2.45) is 4.99 Å². The average molecular weight is 161 g/mol. The first-order valence-electron chi connectivity index (χ1n) is 4.33. The summed E-state index contributed by atoms with van der Waals surface area (Å²) in [5, 5.41) is 0. The maximum Gasteiger partial charge on any atom is 0.0684 e. The Morgan fingerprint density at radius 3 is 3.08 bits per heavy atom. The van der Waals surface area contributed by atoms with Crippen molar-refractivity contribution >= 4 is 5.71 Å². The van der Waals surface area contributed by atoms with Gasteiger partial charge in [0, 0.05) is 6.20 Å². The van der Waals surface area contributed by atoms with Crippen molar-refractivity contribution in [3.8, 4) is 0 Å². The minimum atomic E-state index is 1.000. The van der Waals surface area contributed by atoms with Crippen LogP contribution in [0.5, 0.6) is 0 Å². The van der Waals surface area contributed by atoms with E-state index in [9.17, 15) is 0 Å². The van der Waals surface area contributed by atoms with E-state index >= 15 is 0 Å². The Morgan fingerprint density at radius 2 is 2.50 bits per heavy atom. The molecule has 1 nitrogen and oxygen atoms in total. The molecule has 0 aliphatic carbocycles. The van der Waals surface area contributed by atoms with E-state index in [1.165, 1.54) is 5.57 Å². The van der Waals surface area contributed by atoms with Gasteiger partial charge in [-0.25, -0.2) is 0 Å². The fourth-order valence-corrected chi connectivity index (χ4v) is 1.30. The fourth-order valence-electron chi connectivity index (χ4n) is 1.30. The number of nitrogens with zero attached hydrogens (tertiary/aromatic N) is 1. The highest BCUT2D eigenvalue weighted by Gasteiger charge is 2.07. The van der Waals surface area contributed by atoms with E-state index in [4.69, 9.17) is 0 Å². The Morgan fingerprint density at radius 1 is 1.75 bits per heavy atom. The molecule has 12 heavy (non-hydrogen) atoms. The molecular formula is C11H15N. The van der Waals surface area contributed by atoms with Crippen LogP contribution in [-0.4, -0.2) is 5.71 Å². The van der Waals surface area contributed by atoms with Crippen LogP contribution in [0.3, 0.4) is 0 Å². The first-order valence-corrected chi connectivity index (χ1v) is 4.33. The van der Waals surface area contributed by atoms with Gasteiger partial charge in [-0.2, -0.15) is 0 Å². The van der Waals surface area contributed by atoms with E-state index in [2.05, 4.69) is 30.6 Å². The molecule has 0 N–H and O–H groups in total. The number of allylic oxidation sites excluding steroid dienone is 4. The lowest BCUT2D eigenvalue weighted by Crippen LogP contribution is -2.05. The molecule has 0 saturated heterocycles. The number of hydrogen-bond donors (Lipinski definition) is 0. The SMILES string of the molecule is C=C(C)C1=NC=CC/C1=C/CC. The molecule has 0 atom stereocenters. The summed E-state index contributed by atoms with van der Waals surface area (Å²) in [5.74, 6) is 0. The van der Waals surface area contributed by atoms with Crippen molar-refractivity contribution in [1.82, 2.24) is 0 Å². The summed E-state index contributed by atoms with van der Waals surface area (Å²) in [6.45, 7) is 8.05. The smallest absolute Gasteiger partial charge is 0.0684 e. The van der Waals surface area contributed by atoms with Gasteiger partial charge >= 0.3 is 0 Å². The molecule has 0 bridgehead atoms. The molecule has 1 rings (SSSR count). The van der Waals surface area contributed by atoms with Crippen molar-refractivity contribution in [1.29, 1.82) is 0 Å². The predicted molar refractivity (Wildman–Crippen MR) is 54.4 cm³/mol. The first kappa shape index (κ1) is 8.98.